The molecule has 6 heteroatoms. The van der Waals surface area contributed by atoms with Crippen LogP contribution in [0.25, 0.3) is 5.65 Å². The Balaban J connectivity index is 1.66. The number of hydrogen-bond acceptors (Lipinski definition) is 4. The fourth-order valence-electron chi connectivity index (χ4n) is 2.26. The Hall–Kier alpha value is -3.02. The number of hydrogen-bond donors (Lipinski definition) is 1. The summed E-state index contributed by atoms with van der Waals surface area (Å²) in [6.07, 6.45) is 3.79. The number of ether oxygens (including phenoxy) is 2. The normalized spacial score (nSPS) is 10.5. The molecule has 0 unspecified atom stereocenters. The molecule has 6 nitrogen and oxygen atoms in total. The van der Waals surface area contributed by atoms with Gasteiger partial charge in [0.1, 0.15) is 5.75 Å². The first kappa shape index (κ1) is 14.9. The van der Waals surface area contributed by atoms with Crippen LogP contribution in [0.1, 0.15) is 5.69 Å². The highest BCUT2D eigenvalue weighted by molar-refractivity contribution is 5.92. The number of nitrogens with one attached hydrogen (secondary N) is 1. The van der Waals surface area contributed by atoms with Crippen LogP contribution in [0, 0.1) is 6.92 Å². The van der Waals surface area contributed by atoms with Crippen LogP contribution in [0.3, 0.4) is 0 Å². The maximum absolute atomic E-state index is 12.0. The predicted molar refractivity (Wildman–Crippen MR) is 87.0 cm³/mol. The average Bonchev–Trinajstić information content (AvgIpc) is 2.93. The number of carbonyl (C=O) groups is 1. The molecular formula is C17H17N3O3. The van der Waals surface area contributed by atoms with Gasteiger partial charge in [0.2, 0.25) is 0 Å². The Kier molecular flexibility index (Phi) is 4.14. The highest BCUT2D eigenvalue weighted by atomic mass is 16.5. The van der Waals surface area contributed by atoms with E-state index in [1.54, 1.807) is 25.3 Å². The zero-order chi connectivity index (χ0) is 16.2. The van der Waals surface area contributed by atoms with Crippen LogP contribution in [-0.2, 0) is 4.79 Å². The van der Waals surface area contributed by atoms with Crippen molar-refractivity contribution in [1.82, 2.24) is 9.38 Å². The molecule has 2 aromatic heterocycles. The minimum atomic E-state index is -0.247. The van der Waals surface area contributed by atoms with Gasteiger partial charge in [-0.15, -0.1) is 0 Å². The largest absolute Gasteiger partial charge is 0.497 e. The topological polar surface area (TPSA) is 64.9 Å². The number of aryl methyl sites for hydroxylation is 1. The summed E-state index contributed by atoms with van der Waals surface area (Å²) in [5.41, 5.74) is 2.24. The Labute approximate surface area is 133 Å². The Morgan fingerprint density at radius 2 is 2.17 bits per heavy atom. The zero-order valence-corrected chi connectivity index (χ0v) is 12.9. The lowest BCUT2D eigenvalue weighted by atomic mass is 10.3. The number of amides is 1. The Morgan fingerprint density at radius 1 is 1.30 bits per heavy atom. The predicted octanol–water partition coefficient (Wildman–Crippen LogP) is 2.67. The van der Waals surface area contributed by atoms with Crippen molar-refractivity contribution in [2.75, 3.05) is 19.0 Å². The van der Waals surface area contributed by atoms with Crippen molar-refractivity contribution in [2.24, 2.45) is 0 Å². The number of imidazole rings is 1. The molecule has 23 heavy (non-hydrogen) atoms. The van der Waals surface area contributed by atoms with Crippen LogP contribution >= 0.6 is 0 Å². The molecule has 2 heterocycles. The monoisotopic (exact) mass is 311 g/mol. The second kappa shape index (κ2) is 6.39. The van der Waals surface area contributed by atoms with Crippen LogP contribution in [0.5, 0.6) is 11.5 Å². The molecule has 3 aromatic rings. The fraction of sp³-hybridized carbons (Fsp3) is 0.176. The SMILES string of the molecule is COc1cccc(NC(=O)COc2cccn3cc(C)nc23)c1. The van der Waals surface area contributed by atoms with Gasteiger partial charge >= 0.3 is 0 Å². The van der Waals surface area contributed by atoms with E-state index >= 15 is 0 Å². The van der Waals surface area contributed by atoms with Gasteiger partial charge in [0.15, 0.2) is 18.0 Å². The third kappa shape index (κ3) is 3.42. The number of methoxy groups -OCH3 is 1. The molecule has 1 aromatic carbocycles. The number of benzene rings is 1. The van der Waals surface area contributed by atoms with E-state index in [4.69, 9.17) is 9.47 Å². The molecular weight excluding hydrogens is 294 g/mol. The van der Waals surface area contributed by atoms with Gasteiger partial charge in [0, 0.05) is 24.1 Å². The van der Waals surface area contributed by atoms with Gasteiger partial charge in [0.05, 0.1) is 12.8 Å². The fourth-order valence-corrected chi connectivity index (χ4v) is 2.26. The number of rotatable bonds is 5. The summed E-state index contributed by atoms with van der Waals surface area (Å²) in [6, 6.07) is 10.8. The molecule has 0 saturated carbocycles. The summed E-state index contributed by atoms with van der Waals surface area (Å²) in [6.45, 7) is 1.81. The third-order valence-electron chi connectivity index (χ3n) is 3.28. The summed E-state index contributed by atoms with van der Waals surface area (Å²) >= 11 is 0. The number of fused-ring (bicyclic) bond motifs is 1. The molecule has 118 valence electrons. The Bertz CT molecular complexity index is 842. The molecule has 0 aliphatic heterocycles. The maximum Gasteiger partial charge on any atom is 0.262 e. The molecule has 1 amide bonds. The first-order valence-electron chi connectivity index (χ1n) is 7.17. The minimum absolute atomic E-state index is 0.0945. The minimum Gasteiger partial charge on any atom is -0.497 e. The number of carbonyl (C=O) groups excluding carboxylic acids is 1. The summed E-state index contributed by atoms with van der Waals surface area (Å²) in [5, 5.41) is 2.77. The van der Waals surface area contributed by atoms with Crippen molar-refractivity contribution in [1.29, 1.82) is 0 Å². The van der Waals surface area contributed by atoms with Crippen LogP contribution in [-0.4, -0.2) is 29.0 Å². The second-order valence-corrected chi connectivity index (χ2v) is 5.05. The van der Waals surface area contributed by atoms with E-state index in [0.717, 1.165) is 5.69 Å². The van der Waals surface area contributed by atoms with Crippen molar-refractivity contribution in [3.63, 3.8) is 0 Å². The summed E-state index contributed by atoms with van der Waals surface area (Å²) in [7, 11) is 1.58. The first-order chi connectivity index (χ1) is 11.2. The van der Waals surface area contributed by atoms with Crippen LogP contribution in [0.4, 0.5) is 5.69 Å². The summed E-state index contributed by atoms with van der Waals surface area (Å²) in [5.74, 6) is 1.01. The lowest BCUT2D eigenvalue weighted by Crippen LogP contribution is -2.20. The maximum atomic E-state index is 12.0. The van der Waals surface area contributed by atoms with Crippen molar-refractivity contribution >= 4 is 17.2 Å². The molecule has 1 N–H and O–H groups in total. The molecule has 0 saturated heterocycles. The zero-order valence-electron chi connectivity index (χ0n) is 12.9. The molecule has 0 fully saturated rings. The molecule has 0 atom stereocenters. The van der Waals surface area contributed by atoms with E-state index < -0.39 is 0 Å². The van der Waals surface area contributed by atoms with E-state index in [-0.39, 0.29) is 12.5 Å². The standard InChI is InChI=1S/C17H17N3O3/c1-12-10-20-8-4-7-15(17(20)18-12)23-11-16(21)19-13-5-3-6-14(9-13)22-2/h3-10H,11H2,1-2H3,(H,19,21). The van der Waals surface area contributed by atoms with Gasteiger partial charge in [-0.2, -0.15) is 0 Å². The van der Waals surface area contributed by atoms with Crippen LogP contribution in [0.15, 0.2) is 48.8 Å². The van der Waals surface area contributed by atoms with Crippen molar-refractivity contribution in [3.05, 3.63) is 54.5 Å². The lowest BCUT2D eigenvalue weighted by molar-refractivity contribution is -0.118. The number of nitrogens with zero attached hydrogens (tertiary/aromatic N) is 2. The van der Waals surface area contributed by atoms with Gasteiger partial charge < -0.3 is 19.2 Å². The van der Waals surface area contributed by atoms with Gasteiger partial charge in [-0.3, -0.25) is 4.79 Å². The summed E-state index contributed by atoms with van der Waals surface area (Å²) < 4.78 is 12.6. The van der Waals surface area contributed by atoms with Gasteiger partial charge in [-0.05, 0) is 31.2 Å². The van der Waals surface area contributed by atoms with Crippen LogP contribution < -0.4 is 14.8 Å². The summed E-state index contributed by atoms with van der Waals surface area (Å²) in [4.78, 5) is 16.4. The molecule has 0 aliphatic carbocycles. The van der Waals surface area contributed by atoms with E-state index in [0.29, 0.717) is 22.8 Å². The number of aromatic nitrogens is 2. The first-order valence-corrected chi connectivity index (χ1v) is 7.17. The van der Waals surface area contributed by atoms with E-state index in [9.17, 15) is 4.79 Å². The Morgan fingerprint density at radius 3 is 3.00 bits per heavy atom. The van der Waals surface area contributed by atoms with Gasteiger partial charge in [-0.25, -0.2) is 4.98 Å². The molecule has 0 aliphatic rings. The number of pyridine rings is 1. The van der Waals surface area contributed by atoms with Gasteiger partial charge in [0.25, 0.3) is 5.91 Å². The molecule has 0 radical (unpaired) electrons. The number of anilines is 1. The van der Waals surface area contributed by atoms with Crippen molar-refractivity contribution < 1.29 is 14.3 Å². The van der Waals surface area contributed by atoms with E-state index in [2.05, 4.69) is 10.3 Å². The average molecular weight is 311 g/mol. The second-order valence-electron chi connectivity index (χ2n) is 5.05. The lowest BCUT2D eigenvalue weighted by Gasteiger charge is -2.09. The van der Waals surface area contributed by atoms with Crippen molar-refractivity contribution in [2.45, 2.75) is 6.92 Å². The van der Waals surface area contributed by atoms with Gasteiger partial charge in [-0.1, -0.05) is 6.07 Å². The molecule has 0 bridgehead atoms. The highest BCUT2D eigenvalue weighted by Gasteiger charge is 2.08. The molecule has 0 spiro atoms. The smallest absolute Gasteiger partial charge is 0.262 e. The van der Waals surface area contributed by atoms with Crippen molar-refractivity contribution in [3.8, 4) is 11.5 Å². The third-order valence-corrected chi connectivity index (χ3v) is 3.28. The quantitative estimate of drug-likeness (QED) is 0.787. The highest BCUT2D eigenvalue weighted by Crippen LogP contribution is 2.19. The van der Waals surface area contributed by atoms with E-state index in [1.165, 1.54) is 0 Å². The molecule has 3 rings (SSSR count). The van der Waals surface area contributed by atoms with Crippen LogP contribution in [0.2, 0.25) is 0 Å². The van der Waals surface area contributed by atoms with E-state index in [1.807, 2.05) is 41.9 Å².